The van der Waals surface area contributed by atoms with Gasteiger partial charge in [0, 0.05) is 24.7 Å². The van der Waals surface area contributed by atoms with Crippen molar-refractivity contribution in [3.05, 3.63) is 71.8 Å². The van der Waals surface area contributed by atoms with Crippen molar-refractivity contribution in [3.63, 3.8) is 0 Å². The minimum atomic E-state index is -0.226. The molecular weight excluding hydrogens is 368 g/mol. The van der Waals surface area contributed by atoms with Crippen molar-refractivity contribution in [3.8, 4) is 11.5 Å². The Labute approximate surface area is 171 Å². The van der Waals surface area contributed by atoms with Crippen molar-refractivity contribution >= 4 is 24.0 Å². The van der Waals surface area contributed by atoms with E-state index in [0.29, 0.717) is 6.54 Å². The van der Waals surface area contributed by atoms with Gasteiger partial charge in [0.2, 0.25) is 11.8 Å². The first kappa shape index (κ1) is 21.8. The van der Waals surface area contributed by atoms with Crippen LogP contribution in [0.3, 0.4) is 0 Å². The molecule has 0 saturated carbocycles. The largest absolute Gasteiger partial charge is 0.497 e. The summed E-state index contributed by atoms with van der Waals surface area (Å²) in [5.74, 6) is 1.07. The molecule has 2 N–H and O–H groups in total. The van der Waals surface area contributed by atoms with Crippen LogP contribution < -0.4 is 20.1 Å². The number of ether oxygens (including phenoxy) is 2. The van der Waals surface area contributed by atoms with E-state index in [9.17, 15) is 9.59 Å². The van der Waals surface area contributed by atoms with Crippen molar-refractivity contribution in [2.75, 3.05) is 20.8 Å². The van der Waals surface area contributed by atoms with E-state index in [-0.39, 0.29) is 17.9 Å². The topological polar surface area (TPSA) is 76.7 Å². The first-order valence-electron chi connectivity index (χ1n) is 9.22. The molecule has 0 aliphatic heterocycles. The van der Waals surface area contributed by atoms with Gasteiger partial charge in [-0.1, -0.05) is 24.3 Å². The second kappa shape index (κ2) is 11.3. The predicted octanol–water partition coefficient (Wildman–Crippen LogP) is 3.05. The quantitative estimate of drug-likeness (QED) is 0.641. The van der Waals surface area contributed by atoms with E-state index in [1.807, 2.05) is 55.5 Å². The fourth-order valence-corrected chi connectivity index (χ4v) is 2.43. The lowest BCUT2D eigenvalue weighted by Crippen LogP contribution is -2.40. The molecule has 0 fully saturated rings. The lowest BCUT2D eigenvalue weighted by Gasteiger charge is -2.12. The van der Waals surface area contributed by atoms with E-state index in [1.54, 1.807) is 26.4 Å². The molecule has 2 aromatic rings. The smallest absolute Gasteiger partial charge is 0.244 e. The molecule has 0 aliphatic carbocycles. The summed E-state index contributed by atoms with van der Waals surface area (Å²) in [5.41, 5.74) is 1.79. The van der Waals surface area contributed by atoms with Crippen LogP contribution in [0.4, 0.5) is 0 Å². The van der Waals surface area contributed by atoms with E-state index in [4.69, 9.17) is 9.47 Å². The van der Waals surface area contributed by atoms with Gasteiger partial charge in [0.05, 0.1) is 14.2 Å². The highest BCUT2D eigenvalue weighted by Crippen LogP contribution is 2.13. The normalized spacial score (nSPS) is 12.0. The molecule has 29 heavy (non-hydrogen) atoms. The summed E-state index contributed by atoms with van der Waals surface area (Å²) in [4.78, 5) is 23.9. The fraction of sp³-hybridized carbons (Fsp3) is 0.217. The van der Waals surface area contributed by atoms with Crippen LogP contribution in [0.15, 0.2) is 60.7 Å². The summed E-state index contributed by atoms with van der Waals surface area (Å²) in [6, 6.07) is 14.6. The molecule has 0 aromatic heterocycles. The molecule has 2 aromatic carbocycles. The van der Waals surface area contributed by atoms with Gasteiger partial charge >= 0.3 is 0 Å². The molecule has 152 valence electrons. The summed E-state index contributed by atoms with van der Waals surface area (Å²) >= 11 is 0. The van der Waals surface area contributed by atoms with Gasteiger partial charge in [-0.3, -0.25) is 9.59 Å². The summed E-state index contributed by atoms with van der Waals surface area (Å²) in [6.45, 7) is 2.15. The van der Waals surface area contributed by atoms with E-state index in [2.05, 4.69) is 10.6 Å². The van der Waals surface area contributed by atoms with Gasteiger partial charge in [-0.05, 0) is 54.5 Å². The number of rotatable bonds is 9. The fourth-order valence-electron chi connectivity index (χ4n) is 2.43. The monoisotopic (exact) mass is 394 g/mol. The zero-order valence-electron chi connectivity index (χ0n) is 16.8. The molecular formula is C23H26N2O4. The van der Waals surface area contributed by atoms with Gasteiger partial charge < -0.3 is 20.1 Å². The van der Waals surface area contributed by atoms with Crippen molar-refractivity contribution < 1.29 is 19.1 Å². The third-order valence-electron chi connectivity index (χ3n) is 4.06. The molecule has 2 rings (SSSR count). The first-order chi connectivity index (χ1) is 14.0. The maximum Gasteiger partial charge on any atom is 0.244 e. The third kappa shape index (κ3) is 7.92. The summed E-state index contributed by atoms with van der Waals surface area (Å²) in [5, 5.41) is 5.58. The average molecular weight is 394 g/mol. The number of amides is 2. The molecule has 6 heteroatoms. The maximum absolute atomic E-state index is 12.0. The number of carbonyl (C=O) groups is 2. The van der Waals surface area contributed by atoms with Gasteiger partial charge in [-0.25, -0.2) is 0 Å². The third-order valence-corrected chi connectivity index (χ3v) is 4.06. The zero-order chi connectivity index (χ0) is 21.1. The van der Waals surface area contributed by atoms with Crippen LogP contribution >= 0.6 is 0 Å². The van der Waals surface area contributed by atoms with E-state index < -0.39 is 0 Å². The van der Waals surface area contributed by atoms with Crippen LogP contribution in [0, 0.1) is 0 Å². The van der Waals surface area contributed by atoms with Crippen LogP contribution in [0.5, 0.6) is 11.5 Å². The summed E-state index contributed by atoms with van der Waals surface area (Å²) in [7, 11) is 3.21. The Morgan fingerprint density at radius 2 is 1.28 bits per heavy atom. The molecule has 2 amide bonds. The van der Waals surface area contributed by atoms with E-state index >= 15 is 0 Å². The number of methoxy groups -OCH3 is 2. The molecule has 1 atom stereocenters. The van der Waals surface area contributed by atoms with Crippen LogP contribution in [0.1, 0.15) is 18.1 Å². The van der Waals surface area contributed by atoms with E-state index in [1.165, 1.54) is 12.2 Å². The molecule has 0 bridgehead atoms. The van der Waals surface area contributed by atoms with Crippen LogP contribution in [0.25, 0.3) is 12.2 Å². The molecule has 0 radical (unpaired) electrons. The van der Waals surface area contributed by atoms with Crippen LogP contribution in [-0.2, 0) is 9.59 Å². The van der Waals surface area contributed by atoms with Crippen molar-refractivity contribution in [2.24, 2.45) is 0 Å². The van der Waals surface area contributed by atoms with Crippen LogP contribution in [0.2, 0.25) is 0 Å². The standard InChI is InChI=1S/C23H26N2O4/c1-17(25-23(27)15-9-19-6-12-21(29-3)13-7-19)16-24-22(26)14-8-18-4-10-20(28-2)11-5-18/h4-15,17H,16H2,1-3H3,(H,24,26)(H,25,27)/b14-8-,15-9+/t17-/m0/s1. The highest BCUT2D eigenvalue weighted by Gasteiger charge is 2.06. The number of carbonyl (C=O) groups excluding carboxylic acids is 2. The molecule has 0 unspecified atom stereocenters. The van der Waals surface area contributed by atoms with Gasteiger partial charge in [-0.2, -0.15) is 0 Å². The Hall–Kier alpha value is -3.54. The molecule has 0 spiro atoms. The number of hydrogen-bond donors (Lipinski definition) is 2. The Morgan fingerprint density at radius 1 is 0.828 bits per heavy atom. The summed E-state index contributed by atoms with van der Waals surface area (Å²) in [6.07, 6.45) is 6.36. The maximum atomic E-state index is 12.0. The van der Waals surface area contributed by atoms with E-state index in [0.717, 1.165) is 22.6 Å². The zero-order valence-corrected chi connectivity index (χ0v) is 16.8. The number of nitrogens with one attached hydrogen (secondary N) is 2. The number of hydrogen-bond acceptors (Lipinski definition) is 4. The first-order valence-corrected chi connectivity index (χ1v) is 9.22. The van der Waals surface area contributed by atoms with Gasteiger partial charge in [0.15, 0.2) is 0 Å². The Balaban J connectivity index is 1.73. The molecule has 6 nitrogen and oxygen atoms in total. The van der Waals surface area contributed by atoms with Crippen molar-refractivity contribution in [2.45, 2.75) is 13.0 Å². The van der Waals surface area contributed by atoms with Crippen molar-refractivity contribution in [1.82, 2.24) is 10.6 Å². The lowest BCUT2D eigenvalue weighted by molar-refractivity contribution is -0.118. The number of benzene rings is 2. The van der Waals surface area contributed by atoms with Crippen LogP contribution in [-0.4, -0.2) is 38.6 Å². The lowest BCUT2D eigenvalue weighted by atomic mass is 10.2. The SMILES string of the molecule is COc1ccc(/C=C\C(=O)NC[C@H](C)NC(=O)/C=C/c2ccc(OC)cc2)cc1. The van der Waals surface area contributed by atoms with Gasteiger partial charge in [0.1, 0.15) is 11.5 Å². The minimum Gasteiger partial charge on any atom is -0.497 e. The van der Waals surface area contributed by atoms with Gasteiger partial charge in [0.25, 0.3) is 0 Å². The molecule has 0 aliphatic rings. The highest BCUT2D eigenvalue weighted by atomic mass is 16.5. The second-order valence-electron chi connectivity index (χ2n) is 6.37. The average Bonchev–Trinajstić information content (AvgIpc) is 2.75. The van der Waals surface area contributed by atoms with Crippen molar-refractivity contribution in [1.29, 1.82) is 0 Å². The molecule has 0 heterocycles. The Morgan fingerprint density at radius 3 is 1.72 bits per heavy atom. The highest BCUT2D eigenvalue weighted by molar-refractivity contribution is 5.93. The minimum absolute atomic E-state index is 0.207. The summed E-state index contributed by atoms with van der Waals surface area (Å²) < 4.78 is 10.2. The van der Waals surface area contributed by atoms with Gasteiger partial charge in [-0.15, -0.1) is 0 Å². The molecule has 0 saturated heterocycles. The predicted molar refractivity (Wildman–Crippen MR) is 115 cm³/mol. The Bertz CT molecular complexity index is 855. The Kier molecular flexibility index (Phi) is 8.51. The second-order valence-corrected chi connectivity index (χ2v) is 6.37.